The summed E-state index contributed by atoms with van der Waals surface area (Å²) < 4.78 is 26.2. The Kier molecular flexibility index (Phi) is 3.02. The maximum atomic E-state index is 13.1. The van der Waals surface area contributed by atoms with Gasteiger partial charge in [0.05, 0.1) is 0 Å². The number of hydrogen-bond acceptors (Lipinski definition) is 0. The molecule has 1 rings (SSSR count). The zero-order valence-corrected chi connectivity index (χ0v) is 8.20. The molecule has 0 aliphatic carbocycles. The van der Waals surface area contributed by atoms with Crippen LogP contribution in [0.5, 0.6) is 0 Å². The van der Waals surface area contributed by atoms with E-state index in [2.05, 4.69) is 0 Å². The minimum absolute atomic E-state index is 0.104. The smallest absolute Gasteiger partial charge is 0.129 e. The van der Waals surface area contributed by atoms with Crippen LogP contribution in [0.15, 0.2) is 12.1 Å². The van der Waals surface area contributed by atoms with Gasteiger partial charge in [-0.15, -0.1) is 0 Å². The standard InChI is InChI=1S/C11H14F2/c1-4-7(2)9-5-10(12)8(3)11(13)6-9/h5-7H,4H2,1-3H3. The molecule has 1 unspecified atom stereocenters. The van der Waals surface area contributed by atoms with Crippen molar-refractivity contribution in [1.29, 1.82) is 0 Å². The summed E-state index contributed by atoms with van der Waals surface area (Å²) in [6.45, 7) is 5.41. The van der Waals surface area contributed by atoms with E-state index in [-0.39, 0.29) is 11.5 Å². The Morgan fingerprint density at radius 3 is 2.08 bits per heavy atom. The van der Waals surface area contributed by atoms with E-state index in [1.54, 1.807) is 0 Å². The first kappa shape index (κ1) is 10.2. The average molecular weight is 184 g/mol. The summed E-state index contributed by atoms with van der Waals surface area (Å²) in [5.41, 5.74) is 0.843. The van der Waals surface area contributed by atoms with Gasteiger partial charge in [0.15, 0.2) is 0 Å². The van der Waals surface area contributed by atoms with Gasteiger partial charge in [-0.1, -0.05) is 13.8 Å². The first-order chi connectivity index (χ1) is 6.06. The highest BCUT2D eigenvalue weighted by atomic mass is 19.1. The fraction of sp³-hybridized carbons (Fsp3) is 0.455. The first-order valence-electron chi connectivity index (χ1n) is 4.51. The van der Waals surface area contributed by atoms with Crippen LogP contribution in [0.4, 0.5) is 8.78 Å². The lowest BCUT2D eigenvalue weighted by Crippen LogP contribution is -1.97. The van der Waals surface area contributed by atoms with E-state index in [1.165, 1.54) is 19.1 Å². The van der Waals surface area contributed by atoms with Crippen molar-refractivity contribution in [2.45, 2.75) is 33.1 Å². The highest BCUT2D eigenvalue weighted by molar-refractivity contribution is 5.27. The second kappa shape index (κ2) is 3.86. The predicted octanol–water partition coefficient (Wildman–Crippen LogP) is 3.79. The molecular formula is C11H14F2. The molecule has 0 amide bonds. The third-order valence-corrected chi connectivity index (χ3v) is 2.48. The highest BCUT2D eigenvalue weighted by Gasteiger charge is 2.10. The van der Waals surface area contributed by atoms with Crippen LogP contribution in [0, 0.1) is 18.6 Å². The van der Waals surface area contributed by atoms with Crippen LogP contribution in [-0.4, -0.2) is 0 Å². The van der Waals surface area contributed by atoms with E-state index in [0.717, 1.165) is 12.0 Å². The van der Waals surface area contributed by atoms with Crippen molar-refractivity contribution in [2.24, 2.45) is 0 Å². The Morgan fingerprint density at radius 2 is 1.69 bits per heavy atom. The molecule has 0 saturated carbocycles. The molecule has 0 spiro atoms. The van der Waals surface area contributed by atoms with Gasteiger partial charge in [-0.25, -0.2) is 8.78 Å². The number of benzene rings is 1. The SMILES string of the molecule is CCC(C)c1cc(F)c(C)c(F)c1. The van der Waals surface area contributed by atoms with Crippen molar-refractivity contribution in [3.05, 3.63) is 34.9 Å². The Hall–Kier alpha value is -0.920. The zero-order chi connectivity index (χ0) is 10.0. The van der Waals surface area contributed by atoms with Crippen molar-refractivity contribution in [2.75, 3.05) is 0 Å². The van der Waals surface area contributed by atoms with E-state index in [0.29, 0.717) is 0 Å². The Labute approximate surface area is 77.6 Å². The molecule has 0 aliphatic rings. The fourth-order valence-corrected chi connectivity index (χ4v) is 1.19. The van der Waals surface area contributed by atoms with Crippen molar-refractivity contribution >= 4 is 0 Å². The summed E-state index contributed by atoms with van der Waals surface area (Å²) in [5, 5.41) is 0. The van der Waals surface area contributed by atoms with E-state index < -0.39 is 11.6 Å². The van der Waals surface area contributed by atoms with Crippen LogP contribution in [-0.2, 0) is 0 Å². The fourth-order valence-electron chi connectivity index (χ4n) is 1.19. The molecule has 0 fully saturated rings. The summed E-state index contributed by atoms with van der Waals surface area (Å²) in [6, 6.07) is 2.85. The molecule has 1 aromatic rings. The van der Waals surface area contributed by atoms with Crippen molar-refractivity contribution in [3.63, 3.8) is 0 Å². The average Bonchev–Trinajstić information content (AvgIpc) is 2.12. The van der Waals surface area contributed by atoms with Crippen LogP contribution >= 0.6 is 0 Å². The Balaban J connectivity index is 3.13. The molecular weight excluding hydrogens is 170 g/mol. The second-order valence-electron chi connectivity index (χ2n) is 3.42. The third kappa shape index (κ3) is 2.06. The molecule has 0 bridgehead atoms. The van der Waals surface area contributed by atoms with Gasteiger partial charge >= 0.3 is 0 Å². The van der Waals surface area contributed by atoms with Crippen LogP contribution < -0.4 is 0 Å². The molecule has 0 radical (unpaired) electrons. The van der Waals surface area contributed by atoms with Gasteiger partial charge in [0.25, 0.3) is 0 Å². The molecule has 0 aliphatic heterocycles. The lowest BCUT2D eigenvalue weighted by Gasteiger charge is -2.10. The Bertz CT molecular complexity index is 282. The summed E-state index contributed by atoms with van der Waals surface area (Å²) in [7, 11) is 0. The van der Waals surface area contributed by atoms with E-state index in [9.17, 15) is 8.78 Å². The molecule has 2 heteroatoms. The molecule has 0 saturated heterocycles. The van der Waals surface area contributed by atoms with Gasteiger partial charge in [0.1, 0.15) is 11.6 Å². The van der Waals surface area contributed by atoms with Crippen LogP contribution in [0.2, 0.25) is 0 Å². The molecule has 72 valence electrons. The monoisotopic (exact) mass is 184 g/mol. The van der Waals surface area contributed by atoms with Gasteiger partial charge in [-0.2, -0.15) is 0 Å². The van der Waals surface area contributed by atoms with Crippen molar-refractivity contribution < 1.29 is 8.78 Å². The zero-order valence-electron chi connectivity index (χ0n) is 8.20. The molecule has 1 aromatic carbocycles. The molecule has 0 heterocycles. The summed E-state index contributed by atoms with van der Waals surface area (Å²) in [5.74, 6) is -0.685. The van der Waals surface area contributed by atoms with Gasteiger partial charge < -0.3 is 0 Å². The maximum Gasteiger partial charge on any atom is 0.129 e. The molecule has 13 heavy (non-hydrogen) atoms. The minimum Gasteiger partial charge on any atom is -0.207 e. The molecule has 0 nitrogen and oxygen atoms in total. The van der Waals surface area contributed by atoms with Crippen molar-refractivity contribution in [1.82, 2.24) is 0 Å². The minimum atomic E-state index is -0.449. The number of hydrogen-bond donors (Lipinski definition) is 0. The lowest BCUT2D eigenvalue weighted by atomic mass is 9.97. The number of rotatable bonds is 2. The van der Waals surface area contributed by atoms with E-state index >= 15 is 0 Å². The predicted molar refractivity (Wildman–Crippen MR) is 49.8 cm³/mol. The molecule has 0 N–H and O–H groups in total. The summed E-state index contributed by atoms with van der Waals surface area (Å²) in [6.07, 6.45) is 0.891. The maximum absolute atomic E-state index is 13.1. The quantitative estimate of drug-likeness (QED) is 0.656. The van der Waals surface area contributed by atoms with Crippen molar-refractivity contribution in [3.8, 4) is 0 Å². The van der Waals surface area contributed by atoms with E-state index in [4.69, 9.17) is 0 Å². The Morgan fingerprint density at radius 1 is 1.23 bits per heavy atom. The highest BCUT2D eigenvalue weighted by Crippen LogP contribution is 2.22. The third-order valence-electron chi connectivity index (χ3n) is 2.48. The molecule has 0 aromatic heterocycles. The second-order valence-corrected chi connectivity index (χ2v) is 3.42. The van der Waals surface area contributed by atoms with E-state index in [1.807, 2.05) is 13.8 Å². The number of halogens is 2. The summed E-state index contributed by atoms with van der Waals surface area (Å²) >= 11 is 0. The summed E-state index contributed by atoms with van der Waals surface area (Å²) in [4.78, 5) is 0. The largest absolute Gasteiger partial charge is 0.207 e. The van der Waals surface area contributed by atoms with Crippen LogP contribution in [0.25, 0.3) is 0 Å². The van der Waals surface area contributed by atoms with Crippen LogP contribution in [0.3, 0.4) is 0 Å². The molecule has 1 atom stereocenters. The first-order valence-corrected chi connectivity index (χ1v) is 4.51. The van der Waals surface area contributed by atoms with Gasteiger partial charge in [0.2, 0.25) is 0 Å². The van der Waals surface area contributed by atoms with Gasteiger partial charge in [-0.3, -0.25) is 0 Å². The lowest BCUT2D eigenvalue weighted by molar-refractivity contribution is 0.559. The van der Waals surface area contributed by atoms with Gasteiger partial charge in [-0.05, 0) is 37.0 Å². The van der Waals surface area contributed by atoms with Crippen LogP contribution in [0.1, 0.15) is 37.3 Å². The normalized spacial score (nSPS) is 13.0. The van der Waals surface area contributed by atoms with Gasteiger partial charge in [0, 0.05) is 5.56 Å². The topological polar surface area (TPSA) is 0 Å².